The topological polar surface area (TPSA) is 67.6 Å². The minimum absolute atomic E-state index is 0.547. The number of nitrogens with zero attached hydrogens (tertiary/aromatic N) is 4. The monoisotopic (exact) mass is 386 g/mol. The Kier molecular flexibility index (Phi) is 5.27. The lowest BCUT2D eigenvalue weighted by atomic mass is 10.1. The summed E-state index contributed by atoms with van der Waals surface area (Å²) in [6.45, 7) is 2.61. The van der Waals surface area contributed by atoms with Crippen LogP contribution < -0.4 is 0 Å². The quantitative estimate of drug-likeness (QED) is 0.433. The third kappa shape index (κ3) is 3.85. The van der Waals surface area contributed by atoms with Crippen LogP contribution in [0.4, 0.5) is 0 Å². The summed E-state index contributed by atoms with van der Waals surface area (Å²) in [5, 5.41) is 19.0. The van der Waals surface area contributed by atoms with Crippen molar-refractivity contribution in [2.45, 2.75) is 24.4 Å². The Bertz CT molecular complexity index is 1130. The normalized spacial score (nSPS) is 10.7. The van der Waals surface area contributed by atoms with Crippen LogP contribution in [0.3, 0.4) is 0 Å². The Morgan fingerprint density at radius 3 is 2.75 bits per heavy atom. The predicted molar refractivity (Wildman–Crippen MR) is 109 cm³/mol. The molecule has 0 bridgehead atoms. The summed E-state index contributed by atoms with van der Waals surface area (Å²) < 4.78 is 7.61. The highest BCUT2D eigenvalue weighted by atomic mass is 32.2. The third-order valence-electron chi connectivity index (χ3n) is 4.38. The van der Waals surface area contributed by atoms with Gasteiger partial charge in [0.05, 0.1) is 24.4 Å². The molecule has 0 saturated carbocycles. The summed E-state index contributed by atoms with van der Waals surface area (Å²) in [5.74, 6) is 2.29. The number of nitriles is 1. The first-order valence-corrected chi connectivity index (χ1v) is 9.86. The summed E-state index contributed by atoms with van der Waals surface area (Å²) in [6.07, 6.45) is 1.67. The maximum absolute atomic E-state index is 9.32. The van der Waals surface area contributed by atoms with Gasteiger partial charge in [-0.2, -0.15) is 5.26 Å². The van der Waals surface area contributed by atoms with Crippen LogP contribution in [-0.4, -0.2) is 14.8 Å². The molecule has 0 saturated heterocycles. The van der Waals surface area contributed by atoms with Crippen LogP contribution in [0, 0.1) is 18.3 Å². The molecule has 4 rings (SSSR count). The lowest BCUT2D eigenvalue weighted by molar-refractivity contribution is 0.485. The van der Waals surface area contributed by atoms with Gasteiger partial charge < -0.3 is 4.42 Å². The van der Waals surface area contributed by atoms with E-state index in [1.54, 1.807) is 18.0 Å². The molecular formula is C22H18N4OS. The zero-order valence-electron chi connectivity index (χ0n) is 15.4. The van der Waals surface area contributed by atoms with Crippen molar-refractivity contribution in [3.63, 3.8) is 0 Å². The SMILES string of the molecule is Cc1cccc(-c2nnc(SCc3ccccc3C#N)n2Cc2ccco2)c1. The Labute approximate surface area is 167 Å². The van der Waals surface area contributed by atoms with Crippen LogP contribution >= 0.6 is 11.8 Å². The highest BCUT2D eigenvalue weighted by molar-refractivity contribution is 7.98. The molecule has 2 aromatic heterocycles. The van der Waals surface area contributed by atoms with E-state index in [-0.39, 0.29) is 0 Å². The summed E-state index contributed by atoms with van der Waals surface area (Å²) in [4.78, 5) is 0. The van der Waals surface area contributed by atoms with Gasteiger partial charge in [-0.05, 0) is 36.8 Å². The molecular weight excluding hydrogens is 368 g/mol. The van der Waals surface area contributed by atoms with E-state index in [9.17, 15) is 5.26 Å². The minimum Gasteiger partial charge on any atom is -0.467 e. The lowest BCUT2D eigenvalue weighted by Crippen LogP contribution is -2.03. The maximum Gasteiger partial charge on any atom is 0.192 e. The number of aromatic nitrogens is 3. The van der Waals surface area contributed by atoms with Gasteiger partial charge in [0.15, 0.2) is 11.0 Å². The molecule has 0 N–H and O–H groups in total. The second kappa shape index (κ2) is 8.15. The van der Waals surface area contributed by atoms with E-state index < -0.39 is 0 Å². The fourth-order valence-electron chi connectivity index (χ4n) is 2.99. The number of aryl methyl sites for hydroxylation is 1. The second-order valence-electron chi connectivity index (χ2n) is 6.40. The molecule has 0 radical (unpaired) electrons. The van der Waals surface area contributed by atoms with Crippen LogP contribution in [-0.2, 0) is 12.3 Å². The summed E-state index contributed by atoms with van der Waals surface area (Å²) >= 11 is 1.57. The van der Waals surface area contributed by atoms with E-state index in [0.717, 1.165) is 27.9 Å². The Morgan fingerprint density at radius 2 is 1.96 bits per heavy atom. The third-order valence-corrected chi connectivity index (χ3v) is 5.40. The molecule has 0 aliphatic rings. The number of thioether (sulfide) groups is 1. The first kappa shape index (κ1) is 18.1. The summed E-state index contributed by atoms with van der Waals surface area (Å²) in [6, 6.07) is 21.9. The van der Waals surface area contributed by atoms with Crippen molar-refractivity contribution in [3.05, 3.63) is 89.4 Å². The largest absolute Gasteiger partial charge is 0.467 e. The molecule has 5 nitrogen and oxygen atoms in total. The van der Waals surface area contributed by atoms with Crippen molar-refractivity contribution >= 4 is 11.8 Å². The summed E-state index contributed by atoms with van der Waals surface area (Å²) in [7, 11) is 0. The Morgan fingerprint density at radius 1 is 1.07 bits per heavy atom. The van der Waals surface area contributed by atoms with Gasteiger partial charge in [0.2, 0.25) is 0 Å². The fourth-order valence-corrected chi connectivity index (χ4v) is 3.93. The van der Waals surface area contributed by atoms with Gasteiger partial charge >= 0.3 is 0 Å². The van der Waals surface area contributed by atoms with Crippen molar-refractivity contribution in [2.24, 2.45) is 0 Å². The van der Waals surface area contributed by atoms with Crippen LogP contribution in [0.2, 0.25) is 0 Å². The molecule has 2 heterocycles. The number of hydrogen-bond donors (Lipinski definition) is 0. The van der Waals surface area contributed by atoms with Crippen LogP contribution in [0.1, 0.15) is 22.5 Å². The highest BCUT2D eigenvalue weighted by Gasteiger charge is 2.16. The van der Waals surface area contributed by atoms with Gasteiger partial charge in [-0.15, -0.1) is 10.2 Å². The molecule has 0 unspecified atom stereocenters. The minimum atomic E-state index is 0.547. The zero-order chi connectivity index (χ0) is 19.3. The molecule has 0 aliphatic carbocycles. The van der Waals surface area contributed by atoms with E-state index in [1.165, 1.54) is 5.56 Å². The standard InChI is InChI=1S/C22H18N4OS/c1-16-6-4-9-17(12-16)21-24-25-22(26(21)14-20-10-5-11-27-20)28-15-19-8-3-2-7-18(19)13-23/h2-12H,14-15H2,1H3. The van der Waals surface area contributed by atoms with E-state index in [4.69, 9.17) is 4.42 Å². The van der Waals surface area contributed by atoms with E-state index in [0.29, 0.717) is 17.9 Å². The smallest absolute Gasteiger partial charge is 0.192 e. The predicted octanol–water partition coefficient (Wildman–Crippen LogP) is 5.06. The van der Waals surface area contributed by atoms with Crippen molar-refractivity contribution in [1.29, 1.82) is 5.26 Å². The first-order chi connectivity index (χ1) is 13.7. The van der Waals surface area contributed by atoms with Crippen LogP contribution in [0.5, 0.6) is 0 Å². The van der Waals surface area contributed by atoms with E-state index >= 15 is 0 Å². The maximum atomic E-state index is 9.32. The van der Waals surface area contributed by atoms with Gasteiger partial charge in [0.25, 0.3) is 0 Å². The van der Waals surface area contributed by atoms with Gasteiger partial charge in [0, 0.05) is 11.3 Å². The molecule has 138 valence electrons. The van der Waals surface area contributed by atoms with Crippen LogP contribution in [0.15, 0.2) is 76.5 Å². The van der Waals surface area contributed by atoms with Gasteiger partial charge in [-0.1, -0.05) is 53.7 Å². The summed E-state index contributed by atoms with van der Waals surface area (Å²) in [5.41, 5.74) is 3.86. The highest BCUT2D eigenvalue weighted by Crippen LogP contribution is 2.28. The Hall–Kier alpha value is -3.30. The molecule has 2 aromatic carbocycles. The second-order valence-corrected chi connectivity index (χ2v) is 7.34. The van der Waals surface area contributed by atoms with Gasteiger partial charge in [-0.25, -0.2) is 0 Å². The molecule has 6 heteroatoms. The molecule has 0 atom stereocenters. The van der Waals surface area contributed by atoms with Crippen molar-refractivity contribution in [1.82, 2.24) is 14.8 Å². The molecule has 0 spiro atoms. The first-order valence-electron chi connectivity index (χ1n) is 8.88. The average molecular weight is 386 g/mol. The van der Waals surface area contributed by atoms with Gasteiger partial charge in [0.1, 0.15) is 5.76 Å². The molecule has 0 amide bonds. The van der Waals surface area contributed by atoms with Crippen molar-refractivity contribution in [3.8, 4) is 17.5 Å². The average Bonchev–Trinajstić information content (AvgIpc) is 3.37. The number of rotatable bonds is 6. The molecule has 4 aromatic rings. The number of furan rings is 1. The number of benzene rings is 2. The number of hydrogen-bond acceptors (Lipinski definition) is 5. The lowest BCUT2D eigenvalue weighted by Gasteiger charge is -2.10. The van der Waals surface area contributed by atoms with E-state index in [1.807, 2.05) is 48.5 Å². The molecule has 0 aliphatic heterocycles. The Balaban J connectivity index is 1.68. The van der Waals surface area contributed by atoms with Crippen LogP contribution in [0.25, 0.3) is 11.4 Å². The van der Waals surface area contributed by atoms with Crippen molar-refractivity contribution in [2.75, 3.05) is 0 Å². The van der Waals surface area contributed by atoms with Gasteiger partial charge in [-0.3, -0.25) is 4.57 Å². The zero-order valence-corrected chi connectivity index (χ0v) is 16.2. The van der Waals surface area contributed by atoms with Crippen molar-refractivity contribution < 1.29 is 4.42 Å². The molecule has 28 heavy (non-hydrogen) atoms. The van der Waals surface area contributed by atoms with E-state index in [2.05, 4.69) is 39.9 Å². The fraction of sp³-hybridized carbons (Fsp3) is 0.136. The molecule has 0 fully saturated rings.